The summed E-state index contributed by atoms with van der Waals surface area (Å²) in [4.78, 5) is 13.5. The number of unbranched alkanes of at least 4 members (excludes halogenated alkanes) is 3. The van der Waals surface area contributed by atoms with Gasteiger partial charge in [0, 0.05) is 13.0 Å². The maximum Gasteiger partial charge on any atom is 0.192 e. The molecule has 0 radical (unpaired) electrons. The average Bonchev–Trinajstić information content (AvgIpc) is 2.73. The van der Waals surface area contributed by atoms with Gasteiger partial charge in [0.25, 0.3) is 0 Å². The number of carbonyl (C=O) groups excluding carboxylic acids is 1. The van der Waals surface area contributed by atoms with Crippen LogP contribution in [0.4, 0.5) is 0 Å². The normalized spacial score (nSPS) is 24.7. The van der Waals surface area contributed by atoms with Crippen molar-refractivity contribution in [3.05, 3.63) is 0 Å². The van der Waals surface area contributed by atoms with Crippen molar-refractivity contribution >= 4 is 31.2 Å². The SMILES string of the molecule is C[C@H]1CN(CCCCCC=O)[C@H](CO[Si](C)(C)C(C)(C)C)[C@@H](O[Si](C)(C)C(C)(C)C)[C@@H]1O[Si](C)(C)C(C)(C)C. The maximum atomic E-state index is 10.9. The number of rotatable bonds is 13. The second-order valence-electron chi connectivity index (χ2n) is 16.8. The lowest BCUT2D eigenvalue weighted by atomic mass is 9.88. The summed E-state index contributed by atoms with van der Waals surface area (Å²) < 4.78 is 21.7. The highest BCUT2D eigenvalue weighted by Gasteiger charge is 2.52. The van der Waals surface area contributed by atoms with Crippen molar-refractivity contribution in [3.63, 3.8) is 0 Å². The van der Waals surface area contributed by atoms with Crippen LogP contribution >= 0.6 is 0 Å². The molecule has 0 aromatic heterocycles. The van der Waals surface area contributed by atoms with Gasteiger partial charge in [0.2, 0.25) is 0 Å². The van der Waals surface area contributed by atoms with Gasteiger partial charge < -0.3 is 18.1 Å². The molecule has 0 bridgehead atoms. The predicted molar refractivity (Wildman–Crippen MR) is 176 cm³/mol. The molecule has 0 aliphatic carbocycles. The number of piperidine rings is 1. The van der Waals surface area contributed by atoms with Gasteiger partial charge in [-0.05, 0) is 79.7 Å². The van der Waals surface area contributed by atoms with Crippen LogP contribution in [0.5, 0.6) is 0 Å². The van der Waals surface area contributed by atoms with Gasteiger partial charge in [0.15, 0.2) is 25.0 Å². The molecular formula is C31H67NO4Si3. The molecule has 0 saturated carbocycles. The van der Waals surface area contributed by atoms with E-state index in [-0.39, 0.29) is 33.4 Å². The van der Waals surface area contributed by atoms with Crippen molar-refractivity contribution in [1.29, 1.82) is 0 Å². The van der Waals surface area contributed by atoms with Crippen LogP contribution in [0.3, 0.4) is 0 Å². The van der Waals surface area contributed by atoms with E-state index in [0.29, 0.717) is 18.9 Å². The average molecular weight is 602 g/mol. The van der Waals surface area contributed by atoms with Gasteiger partial charge in [-0.15, -0.1) is 0 Å². The third-order valence-electron chi connectivity index (χ3n) is 10.4. The summed E-state index contributed by atoms with van der Waals surface area (Å²) in [6.45, 7) is 40.3. The quantitative estimate of drug-likeness (QED) is 0.120. The molecule has 1 saturated heterocycles. The smallest absolute Gasteiger partial charge is 0.192 e. The summed E-state index contributed by atoms with van der Waals surface area (Å²) in [7, 11) is -6.07. The monoisotopic (exact) mass is 601 g/mol. The number of nitrogens with zero attached hydrogens (tertiary/aromatic N) is 1. The second-order valence-corrected chi connectivity index (χ2v) is 31.1. The van der Waals surface area contributed by atoms with Crippen molar-refractivity contribution in [2.75, 3.05) is 19.7 Å². The molecule has 1 fully saturated rings. The molecule has 1 aliphatic rings. The first-order valence-electron chi connectivity index (χ1n) is 15.6. The third kappa shape index (κ3) is 10.1. The summed E-state index contributed by atoms with van der Waals surface area (Å²) in [5.41, 5.74) is 0. The van der Waals surface area contributed by atoms with Gasteiger partial charge >= 0.3 is 0 Å². The lowest BCUT2D eigenvalue weighted by Crippen LogP contribution is -2.66. The Labute approximate surface area is 246 Å². The Morgan fingerprint density at radius 3 is 1.62 bits per heavy atom. The lowest BCUT2D eigenvalue weighted by molar-refractivity contribution is -0.108. The highest BCUT2D eigenvalue weighted by molar-refractivity contribution is 6.75. The van der Waals surface area contributed by atoms with E-state index in [1.54, 1.807) is 0 Å². The number of hydrogen-bond donors (Lipinski definition) is 0. The molecule has 0 N–H and O–H groups in total. The molecule has 1 rings (SSSR count). The van der Waals surface area contributed by atoms with E-state index in [4.69, 9.17) is 13.3 Å². The zero-order valence-electron chi connectivity index (χ0n) is 28.9. The van der Waals surface area contributed by atoms with Crippen LogP contribution in [-0.2, 0) is 18.1 Å². The first-order chi connectivity index (χ1) is 17.4. The molecule has 1 aliphatic heterocycles. The largest absolute Gasteiger partial charge is 0.415 e. The van der Waals surface area contributed by atoms with E-state index in [9.17, 15) is 4.79 Å². The highest BCUT2D eigenvalue weighted by atomic mass is 28.4. The van der Waals surface area contributed by atoms with E-state index in [1.807, 2.05) is 0 Å². The standard InChI is InChI=1S/C31H67NO4Si3/c1-25-23-32(21-19-17-18-20-22-33)26(24-34-37(11,12)29(2,3)4)28(36-39(15,16)31(8,9)10)27(25)35-38(13,14)30(5,6)7/h22,25-28H,17-21,23-24H2,1-16H3/t25-,26+,27+,28+/m0/s1. The molecule has 1 heterocycles. The molecule has 0 spiro atoms. The Morgan fingerprint density at radius 2 is 1.18 bits per heavy atom. The minimum Gasteiger partial charge on any atom is -0.415 e. The summed E-state index contributed by atoms with van der Waals surface area (Å²) in [6.07, 6.45) is 4.88. The fourth-order valence-electron chi connectivity index (χ4n) is 4.41. The summed E-state index contributed by atoms with van der Waals surface area (Å²) >= 11 is 0. The van der Waals surface area contributed by atoms with Crippen LogP contribution in [0.2, 0.25) is 54.4 Å². The molecule has 232 valence electrons. The summed E-state index contributed by atoms with van der Waals surface area (Å²) in [5.74, 6) is 0.369. The van der Waals surface area contributed by atoms with E-state index in [0.717, 1.165) is 38.6 Å². The predicted octanol–water partition coefficient (Wildman–Crippen LogP) is 8.87. The molecular weight excluding hydrogens is 535 g/mol. The minimum absolute atomic E-state index is 0.0245. The van der Waals surface area contributed by atoms with Crippen LogP contribution < -0.4 is 0 Å². The van der Waals surface area contributed by atoms with E-state index >= 15 is 0 Å². The first-order valence-corrected chi connectivity index (χ1v) is 24.3. The number of likely N-dealkylation sites (tertiary alicyclic amines) is 1. The van der Waals surface area contributed by atoms with Crippen molar-refractivity contribution in [3.8, 4) is 0 Å². The Hall–Kier alpha value is 0.161. The molecule has 0 unspecified atom stereocenters. The van der Waals surface area contributed by atoms with Gasteiger partial charge in [0.1, 0.15) is 6.29 Å². The van der Waals surface area contributed by atoms with E-state index < -0.39 is 25.0 Å². The summed E-state index contributed by atoms with van der Waals surface area (Å²) in [6, 6.07) is 0.158. The van der Waals surface area contributed by atoms with Crippen molar-refractivity contribution < 1.29 is 18.1 Å². The molecule has 4 atom stereocenters. The summed E-state index contributed by atoms with van der Waals surface area (Å²) in [5, 5.41) is 0.401. The van der Waals surface area contributed by atoms with Crippen LogP contribution in [0.1, 0.15) is 94.9 Å². The lowest BCUT2D eigenvalue weighted by Gasteiger charge is -2.54. The van der Waals surface area contributed by atoms with Crippen LogP contribution in [-0.4, -0.2) is 74.1 Å². The zero-order chi connectivity index (χ0) is 30.7. The maximum absolute atomic E-state index is 10.9. The Morgan fingerprint density at radius 1 is 0.718 bits per heavy atom. The zero-order valence-corrected chi connectivity index (χ0v) is 31.9. The molecule has 0 aromatic rings. The molecule has 5 nitrogen and oxygen atoms in total. The fraction of sp³-hybridized carbons (Fsp3) is 0.968. The van der Waals surface area contributed by atoms with Crippen LogP contribution in [0, 0.1) is 5.92 Å². The third-order valence-corrected chi connectivity index (χ3v) is 23.9. The topological polar surface area (TPSA) is 48.0 Å². The van der Waals surface area contributed by atoms with Crippen LogP contribution in [0.25, 0.3) is 0 Å². The highest BCUT2D eigenvalue weighted by Crippen LogP contribution is 2.44. The van der Waals surface area contributed by atoms with Gasteiger partial charge in [-0.25, -0.2) is 0 Å². The number of carbonyl (C=O) groups is 1. The minimum atomic E-state index is -2.09. The van der Waals surface area contributed by atoms with E-state index in [1.165, 1.54) is 0 Å². The molecule has 0 aromatic carbocycles. The van der Waals surface area contributed by atoms with Crippen molar-refractivity contribution in [1.82, 2.24) is 4.90 Å². The van der Waals surface area contributed by atoms with Crippen LogP contribution in [0.15, 0.2) is 0 Å². The molecule has 39 heavy (non-hydrogen) atoms. The second kappa shape index (κ2) is 13.6. The number of aldehydes is 1. The Balaban J connectivity index is 3.53. The van der Waals surface area contributed by atoms with Crippen molar-refractivity contribution in [2.45, 2.75) is 168 Å². The number of hydrogen-bond acceptors (Lipinski definition) is 5. The van der Waals surface area contributed by atoms with Gasteiger partial charge in [-0.3, -0.25) is 4.90 Å². The van der Waals surface area contributed by atoms with Gasteiger partial charge in [0.05, 0.1) is 24.9 Å². The van der Waals surface area contributed by atoms with Crippen molar-refractivity contribution in [2.24, 2.45) is 5.92 Å². The Bertz CT molecular complexity index is 765. The first kappa shape index (κ1) is 37.2. The van der Waals surface area contributed by atoms with E-state index in [2.05, 4.69) is 113 Å². The molecule has 8 heteroatoms. The fourth-order valence-corrected chi connectivity index (χ4v) is 8.16. The van der Waals surface area contributed by atoms with Gasteiger partial charge in [-0.2, -0.15) is 0 Å². The Kier molecular flexibility index (Phi) is 13.0. The van der Waals surface area contributed by atoms with Gasteiger partial charge in [-0.1, -0.05) is 75.7 Å². The molecule has 0 amide bonds.